The van der Waals surface area contributed by atoms with E-state index in [0.29, 0.717) is 15.8 Å². The monoisotopic (exact) mass is 183 g/mol. The number of phenols is 1. The summed E-state index contributed by atoms with van der Waals surface area (Å²) in [5.41, 5.74) is 5.96. The predicted octanol–water partition coefficient (Wildman–Crippen LogP) is 2.33. The van der Waals surface area contributed by atoms with E-state index in [-0.39, 0.29) is 10.9 Å². The molecule has 2 nitrogen and oxygen atoms in total. The zero-order valence-electron chi connectivity index (χ0n) is 6.04. The molecule has 2 aromatic rings. The third-order valence-electron chi connectivity index (χ3n) is 1.62. The lowest BCUT2D eigenvalue weighted by Gasteiger charge is -1.96. The van der Waals surface area contributed by atoms with E-state index in [0.717, 1.165) is 11.3 Å². The van der Waals surface area contributed by atoms with Crippen LogP contribution in [-0.2, 0) is 0 Å². The Labute approximate surface area is 72.1 Å². The molecule has 0 aliphatic carbocycles. The van der Waals surface area contributed by atoms with Crippen LogP contribution < -0.4 is 5.73 Å². The van der Waals surface area contributed by atoms with Crippen molar-refractivity contribution in [1.29, 1.82) is 0 Å². The Hall–Kier alpha value is -1.29. The molecule has 0 saturated heterocycles. The van der Waals surface area contributed by atoms with Crippen molar-refractivity contribution < 1.29 is 9.50 Å². The highest BCUT2D eigenvalue weighted by Gasteiger charge is 2.05. The number of phenolic OH excluding ortho intramolecular Hbond substituents is 1. The van der Waals surface area contributed by atoms with E-state index in [1.165, 1.54) is 18.2 Å². The molecule has 0 unspecified atom stereocenters. The van der Waals surface area contributed by atoms with Crippen LogP contribution in [0.25, 0.3) is 10.1 Å². The van der Waals surface area contributed by atoms with Gasteiger partial charge in [-0.15, -0.1) is 11.3 Å². The summed E-state index contributed by atoms with van der Waals surface area (Å²) < 4.78 is 13.4. The Balaban J connectivity index is 2.88. The molecule has 0 spiro atoms. The van der Waals surface area contributed by atoms with Gasteiger partial charge in [0.15, 0.2) is 5.13 Å². The lowest BCUT2D eigenvalue weighted by Crippen LogP contribution is -1.83. The topological polar surface area (TPSA) is 46.2 Å². The van der Waals surface area contributed by atoms with Crippen LogP contribution in [0.3, 0.4) is 0 Å². The second-order valence-electron chi connectivity index (χ2n) is 2.50. The van der Waals surface area contributed by atoms with Crippen molar-refractivity contribution in [3.05, 3.63) is 23.3 Å². The number of nitrogen functional groups attached to an aromatic ring is 1. The van der Waals surface area contributed by atoms with Gasteiger partial charge in [0.1, 0.15) is 5.75 Å². The molecule has 0 radical (unpaired) electrons. The number of aromatic hydroxyl groups is 1. The van der Waals surface area contributed by atoms with Gasteiger partial charge in [0.25, 0.3) is 0 Å². The average Bonchev–Trinajstić information content (AvgIpc) is 2.29. The Bertz CT molecular complexity index is 438. The van der Waals surface area contributed by atoms with Crippen LogP contribution in [0.15, 0.2) is 18.2 Å². The van der Waals surface area contributed by atoms with Gasteiger partial charge in [-0.25, -0.2) is 0 Å². The van der Waals surface area contributed by atoms with E-state index >= 15 is 0 Å². The maximum atomic E-state index is 12.7. The lowest BCUT2D eigenvalue weighted by atomic mass is 10.2. The second kappa shape index (κ2) is 2.35. The molecular formula is C8H6FNOS. The molecule has 0 fully saturated rings. The normalized spacial score (nSPS) is 10.8. The van der Waals surface area contributed by atoms with Gasteiger partial charge in [0, 0.05) is 21.8 Å². The van der Waals surface area contributed by atoms with Crippen LogP contribution in [0.2, 0.25) is 0 Å². The highest BCUT2D eigenvalue weighted by Crippen LogP contribution is 2.32. The Kier molecular flexibility index (Phi) is 1.44. The number of halogens is 1. The maximum absolute atomic E-state index is 12.7. The highest BCUT2D eigenvalue weighted by molar-refractivity contribution is 7.17. The lowest BCUT2D eigenvalue weighted by molar-refractivity contribution is 0.476. The predicted molar refractivity (Wildman–Crippen MR) is 47.9 cm³/mol. The molecule has 1 aromatic heterocycles. The number of benzene rings is 1. The van der Waals surface area contributed by atoms with Crippen LogP contribution >= 0.6 is 11.3 Å². The molecule has 0 atom stereocenters. The quantitative estimate of drug-likeness (QED) is 0.616. The average molecular weight is 183 g/mol. The Morgan fingerprint density at radius 2 is 2.08 bits per heavy atom. The second-order valence-corrected chi connectivity index (χ2v) is 3.53. The molecule has 0 amide bonds. The highest BCUT2D eigenvalue weighted by atomic mass is 32.1. The van der Waals surface area contributed by atoms with Crippen molar-refractivity contribution in [2.75, 3.05) is 5.73 Å². The zero-order valence-corrected chi connectivity index (χ0v) is 6.86. The number of fused-ring (bicyclic) bond motifs is 1. The minimum atomic E-state index is -0.290. The number of hydrogen-bond donors (Lipinski definition) is 2. The molecule has 0 saturated carbocycles. The third kappa shape index (κ3) is 1.00. The fourth-order valence-electron chi connectivity index (χ4n) is 1.12. The van der Waals surface area contributed by atoms with Crippen LogP contribution in [0.4, 0.5) is 10.1 Å². The number of thiophene rings is 1. The van der Waals surface area contributed by atoms with Gasteiger partial charge in [0.05, 0.1) is 0 Å². The molecule has 62 valence electrons. The molecular weight excluding hydrogens is 177 g/mol. The van der Waals surface area contributed by atoms with Gasteiger partial charge in [-0.3, -0.25) is 0 Å². The van der Waals surface area contributed by atoms with E-state index in [2.05, 4.69) is 0 Å². The van der Waals surface area contributed by atoms with Crippen LogP contribution in [0, 0.1) is 5.13 Å². The van der Waals surface area contributed by atoms with Gasteiger partial charge in [-0.05, 0) is 12.1 Å². The van der Waals surface area contributed by atoms with Crippen molar-refractivity contribution >= 4 is 27.1 Å². The van der Waals surface area contributed by atoms with Crippen LogP contribution in [0.5, 0.6) is 5.75 Å². The zero-order chi connectivity index (χ0) is 8.72. The van der Waals surface area contributed by atoms with E-state index in [1.807, 2.05) is 0 Å². The number of rotatable bonds is 0. The first-order valence-corrected chi connectivity index (χ1v) is 4.16. The van der Waals surface area contributed by atoms with Gasteiger partial charge >= 0.3 is 0 Å². The number of anilines is 1. The summed E-state index contributed by atoms with van der Waals surface area (Å²) in [4.78, 5) is 0. The molecule has 4 heteroatoms. The minimum Gasteiger partial charge on any atom is -0.508 e. The first-order valence-electron chi connectivity index (χ1n) is 3.34. The summed E-state index contributed by atoms with van der Waals surface area (Å²) >= 11 is 0.974. The summed E-state index contributed by atoms with van der Waals surface area (Å²) in [6, 6.07) is 4.28. The first kappa shape index (κ1) is 7.36. The molecule has 0 aliphatic rings. The van der Waals surface area contributed by atoms with Gasteiger partial charge in [-0.2, -0.15) is 4.39 Å². The van der Waals surface area contributed by atoms with Gasteiger partial charge in [0.2, 0.25) is 0 Å². The van der Waals surface area contributed by atoms with Gasteiger partial charge < -0.3 is 10.8 Å². The van der Waals surface area contributed by atoms with Crippen molar-refractivity contribution in [1.82, 2.24) is 0 Å². The molecule has 12 heavy (non-hydrogen) atoms. The summed E-state index contributed by atoms with van der Waals surface area (Å²) in [6.45, 7) is 0. The molecule has 1 aromatic carbocycles. The fourth-order valence-corrected chi connectivity index (χ4v) is 1.97. The van der Waals surface area contributed by atoms with E-state index in [1.54, 1.807) is 0 Å². The van der Waals surface area contributed by atoms with Crippen molar-refractivity contribution in [3.8, 4) is 5.75 Å². The van der Waals surface area contributed by atoms with Crippen molar-refractivity contribution in [2.45, 2.75) is 0 Å². The smallest absolute Gasteiger partial charge is 0.177 e. The van der Waals surface area contributed by atoms with E-state index in [9.17, 15) is 4.39 Å². The van der Waals surface area contributed by atoms with Crippen molar-refractivity contribution in [2.24, 2.45) is 0 Å². The van der Waals surface area contributed by atoms with Crippen molar-refractivity contribution in [3.63, 3.8) is 0 Å². The maximum Gasteiger partial charge on any atom is 0.177 e. The van der Waals surface area contributed by atoms with E-state index in [4.69, 9.17) is 10.8 Å². The molecule has 2 rings (SSSR count). The summed E-state index contributed by atoms with van der Waals surface area (Å²) in [5.74, 6) is 0.0712. The van der Waals surface area contributed by atoms with Crippen LogP contribution in [-0.4, -0.2) is 5.11 Å². The number of hydrogen-bond acceptors (Lipinski definition) is 3. The SMILES string of the molecule is Nc1cc(O)cc2sc(F)cc12. The Morgan fingerprint density at radius 3 is 2.83 bits per heavy atom. The molecule has 0 bridgehead atoms. The number of nitrogens with two attached hydrogens (primary N) is 1. The molecule has 0 aliphatic heterocycles. The summed E-state index contributed by atoms with van der Waals surface area (Å²) in [7, 11) is 0. The standard InChI is InChI=1S/C8H6FNOS/c9-8-3-5-6(10)1-4(11)2-7(5)12-8/h1-3,11H,10H2. The van der Waals surface area contributed by atoms with Gasteiger partial charge in [-0.1, -0.05) is 0 Å². The summed E-state index contributed by atoms with van der Waals surface area (Å²) in [6.07, 6.45) is 0. The molecule has 1 heterocycles. The minimum absolute atomic E-state index is 0.0712. The van der Waals surface area contributed by atoms with Crippen LogP contribution in [0.1, 0.15) is 0 Å². The fraction of sp³-hybridized carbons (Fsp3) is 0. The van der Waals surface area contributed by atoms with E-state index < -0.39 is 0 Å². The first-order chi connectivity index (χ1) is 5.66. The third-order valence-corrected chi connectivity index (χ3v) is 2.49. The Morgan fingerprint density at radius 1 is 1.33 bits per heavy atom. The summed E-state index contributed by atoms with van der Waals surface area (Å²) in [5, 5.41) is 9.50. The largest absolute Gasteiger partial charge is 0.508 e. The molecule has 3 N–H and O–H groups in total.